The van der Waals surface area contributed by atoms with Gasteiger partial charge >= 0.3 is 0 Å². The van der Waals surface area contributed by atoms with Crippen molar-refractivity contribution < 1.29 is 9.53 Å². The number of nitrogens with zero attached hydrogens (tertiary/aromatic N) is 3. The quantitative estimate of drug-likeness (QED) is 0.751. The first kappa shape index (κ1) is 17.3. The Morgan fingerprint density at radius 3 is 2.80 bits per heavy atom. The second-order valence-corrected chi connectivity index (χ2v) is 7.30. The first-order chi connectivity index (χ1) is 12.0. The number of benzene rings is 1. The number of methoxy groups -OCH3 is 1. The van der Waals surface area contributed by atoms with E-state index in [1.54, 1.807) is 7.11 Å². The molecule has 1 N–H and O–H groups in total. The number of anilines is 1. The third-order valence-electron chi connectivity index (χ3n) is 3.73. The Hall–Kier alpha value is -2.54. The highest BCUT2D eigenvalue weighted by Crippen LogP contribution is 2.23. The van der Waals surface area contributed by atoms with Gasteiger partial charge in [-0.15, -0.1) is 10.2 Å². The summed E-state index contributed by atoms with van der Waals surface area (Å²) in [7, 11) is 1.62. The summed E-state index contributed by atoms with van der Waals surface area (Å²) in [6.07, 6.45) is 0.853. The number of carbonyl (C=O) groups excluding carboxylic acids is 1. The van der Waals surface area contributed by atoms with Crippen LogP contribution in [0.3, 0.4) is 0 Å². The number of rotatable bonds is 5. The number of amides is 1. The average molecular weight is 356 g/mol. The second kappa shape index (κ2) is 7.14. The second-order valence-electron chi connectivity index (χ2n) is 6.23. The van der Waals surface area contributed by atoms with Crippen LogP contribution in [0.15, 0.2) is 24.3 Å². The number of aryl methyl sites for hydroxylation is 1. The summed E-state index contributed by atoms with van der Waals surface area (Å²) in [5.74, 6) is 1.01. The van der Waals surface area contributed by atoms with Gasteiger partial charge in [-0.25, -0.2) is 0 Å². The van der Waals surface area contributed by atoms with Crippen LogP contribution in [-0.4, -0.2) is 28.2 Å². The maximum absolute atomic E-state index is 12.6. The summed E-state index contributed by atoms with van der Waals surface area (Å²) in [4.78, 5) is 17.1. The predicted octanol–water partition coefficient (Wildman–Crippen LogP) is 3.85. The normalized spacial score (nSPS) is 11.1. The van der Waals surface area contributed by atoms with Crippen molar-refractivity contribution in [1.29, 1.82) is 0 Å². The van der Waals surface area contributed by atoms with Crippen molar-refractivity contribution in [2.45, 2.75) is 27.2 Å². The van der Waals surface area contributed by atoms with Crippen molar-refractivity contribution in [3.8, 4) is 5.75 Å². The highest BCUT2D eigenvalue weighted by molar-refractivity contribution is 7.15. The van der Waals surface area contributed by atoms with E-state index in [1.807, 2.05) is 31.2 Å². The van der Waals surface area contributed by atoms with E-state index >= 15 is 0 Å². The molecule has 3 rings (SSSR count). The zero-order valence-corrected chi connectivity index (χ0v) is 15.5. The summed E-state index contributed by atoms with van der Waals surface area (Å²) in [5.41, 5.74) is 1.98. The molecule has 0 spiro atoms. The lowest BCUT2D eigenvalue weighted by molar-refractivity contribution is 0.102. The Bertz CT molecular complexity index is 921. The van der Waals surface area contributed by atoms with Gasteiger partial charge in [-0.3, -0.25) is 15.1 Å². The molecule has 0 unspecified atom stereocenters. The Morgan fingerprint density at radius 1 is 1.28 bits per heavy atom. The molecule has 2 aromatic heterocycles. The number of hydrogen-bond donors (Lipinski definition) is 1. The summed E-state index contributed by atoms with van der Waals surface area (Å²) in [6.45, 7) is 6.07. The molecule has 2 heterocycles. The molecular weight excluding hydrogens is 336 g/mol. The molecule has 7 heteroatoms. The molecule has 1 amide bonds. The van der Waals surface area contributed by atoms with Crippen molar-refractivity contribution in [2.24, 2.45) is 5.92 Å². The summed E-state index contributed by atoms with van der Waals surface area (Å²) >= 11 is 1.41. The van der Waals surface area contributed by atoms with Crippen molar-refractivity contribution >= 4 is 33.3 Å². The van der Waals surface area contributed by atoms with Crippen LogP contribution in [-0.2, 0) is 6.42 Å². The molecule has 0 saturated heterocycles. The summed E-state index contributed by atoms with van der Waals surface area (Å²) in [6, 6.07) is 7.43. The molecule has 0 saturated carbocycles. The average Bonchev–Trinajstić information content (AvgIpc) is 2.99. The SMILES string of the molecule is COc1ccc2cc(C(=O)Nc3nnc(CC(C)C)s3)c(C)nc2c1. The van der Waals surface area contributed by atoms with E-state index < -0.39 is 0 Å². The Balaban J connectivity index is 1.84. The lowest BCUT2D eigenvalue weighted by Crippen LogP contribution is -2.14. The molecule has 0 fully saturated rings. The molecule has 0 aliphatic rings. The van der Waals surface area contributed by atoms with Crippen molar-refractivity contribution in [3.63, 3.8) is 0 Å². The number of hydrogen-bond acceptors (Lipinski definition) is 6. The van der Waals surface area contributed by atoms with E-state index in [0.717, 1.165) is 28.1 Å². The molecule has 0 aliphatic heterocycles. The minimum atomic E-state index is -0.227. The summed E-state index contributed by atoms with van der Waals surface area (Å²) in [5, 5.41) is 13.3. The molecule has 25 heavy (non-hydrogen) atoms. The van der Waals surface area contributed by atoms with E-state index in [0.29, 0.717) is 22.3 Å². The highest BCUT2D eigenvalue weighted by atomic mass is 32.1. The smallest absolute Gasteiger partial charge is 0.259 e. The predicted molar refractivity (Wildman–Crippen MR) is 99.4 cm³/mol. The third-order valence-corrected chi connectivity index (χ3v) is 4.59. The molecular formula is C18H20N4O2S. The molecule has 130 valence electrons. The Kier molecular flexibility index (Phi) is 4.94. The van der Waals surface area contributed by atoms with Gasteiger partial charge in [-0.05, 0) is 31.0 Å². The minimum Gasteiger partial charge on any atom is -0.497 e. The van der Waals surface area contributed by atoms with Crippen LogP contribution in [0.1, 0.15) is 34.9 Å². The topological polar surface area (TPSA) is 77.0 Å². The molecule has 0 aliphatic carbocycles. The van der Waals surface area contributed by atoms with Gasteiger partial charge in [-0.2, -0.15) is 0 Å². The fourth-order valence-corrected chi connectivity index (χ4v) is 3.45. The standard InChI is InChI=1S/C18H20N4O2S/c1-10(2)7-16-21-22-18(25-16)20-17(23)14-8-12-5-6-13(24-4)9-15(12)19-11(14)3/h5-6,8-10H,7H2,1-4H3,(H,20,22,23). The Labute approximate surface area is 150 Å². The van der Waals surface area contributed by atoms with Gasteiger partial charge in [0.05, 0.1) is 23.9 Å². The van der Waals surface area contributed by atoms with E-state index in [-0.39, 0.29) is 5.91 Å². The zero-order chi connectivity index (χ0) is 18.0. The number of aromatic nitrogens is 3. The summed E-state index contributed by atoms with van der Waals surface area (Å²) < 4.78 is 5.22. The van der Waals surface area contributed by atoms with Crippen LogP contribution in [0.25, 0.3) is 10.9 Å². The molecule has 0 bridgehead atoms. The van der Waals surface area contributed by atoms with Crippen LogP contribution in [0.2, 0.25) is 0 Å². The van der Waals surface area contributed by atoms with Crippen LogP contribution >= 0.6 is 11.3 Å². The van der Waals surface area contributed by atoms with Gasteiger partial charge in [0, 0.05) is 17.9 Å². The fourth-order valence-electron chi connectivity index (χ4n) is 2.50. The maximum atomic E-state index is 12.6. The first-order valence-electron chi connectivity index (χ1n) is 8.05. The van der Waals surface area contributed by atoms with Crippen LogP contribution in [0.5, 0.6) is 5.75 Å². The number of carbonyl (C=O) groups is 1. The third kappa shape index (κ3) is 3.93. The largest absolute Gasteiger partial charge is 0.497 e. The van der Waals surface area contributed by atoms with Gasteiger partial charge < -0.3 is 4.74 Å². The van der Waals surface area contributed by atoms with Crippen molar-refractivity contribution in [1.82, 2.24) is 15.2 Å². The van der Waals surface area contributed by atoms with E-state index in [9.17, 15) is 4.79 Å². The van der Waals surface area contributed by atoms with Crippen molar-refractivity contribution in [3.05, 3.63) is 40.5 Å². The number of nitrogens with one attached hydrogen (secondary N) is 1. The van der Waals surface area contributed by atoms with Crippen LogP contribution in [0, 0.1) is 12.8 Å². The fraction of sp³-hybridized carbons (Fsp3) is 0.333. The van der Waals surface area contributed by atoms with Crippen LogP contribution in [0.4, 0.5) is 5.13 Å². The lowest BCUT2D eigenvalue weighted by Gasteiger charge is -2.08. The first-order valence-corrected chi connectivity index (χ1v) is 8.87. The van der Waals surface area contributed by atoms with Crippen molar-refractivity contribution in [2.75, 3.05) is 12.4 Å². The number of pyridine rings is 1. The van der Waals surface area contributed by atoms with Gasteiger partial charge in [0.15, 0.2) is 0 Å². The van der Waals surface area contributed by atoms with Gasteiger partial charge in [0.1, 0.15) is 10.8 Å². The van der Waals surface area contributed by atoms with E-state index in [4.69, 9.17) is 4.74 Å². The Morgan fingerprint density at radius 2 is 2.08 bits per heavy atom. The number of ether oxygens (including phenoxy) is 1. The minimum absolute atomic E-state index is 0.227. The highest BCUT2D eigenvalue weighted by Gasteiger charge is 2.15. The molecule has 0 atom stereocenters. The van der Waals surface area contributed by atoms with Gasteiger partial charge in [-0.1, -0.05) is 25.2 Å². The van der Waals surface area contributed by atoms with Crippen LogP contribution < -0.4 is 10.1 Å². The van der Waals surface area contributed by atoms with Gasteiger partial charge in [0.25, 0.3) is 5.91 Å². The van der Waals surface area contributed by atoms with E-state index in [1.165, 1.54) is 11.3 Å². The molecule has 0 radical (unpaired) electrons. The molecule has 1 aromatic carbocycles. The monoisotopic (exact) mass is 356 g/mol. The maximum Gasteiger partial charge on any atom is 0.259 e. The van der Waals surface area contributed by atoms with E-state index in [2.05, 4.69) is 34.3 Å². The molecule has 3 aromatic rings. The van der Waals surface area contributed by atoms with Gasteiger partial charge in [0.2, 0.25) is 5.13 Å². The number of fused-ring (bicyclic) bond motifs is 1. The zero-order valence-electron chi connectivity index (χ0n) is 14.7. The lowest BCUT2D eigenvalue weighted by atomic mass is 10.1. The molecule has 6 nitrogen and oxygen atoms in total.